The molecule has 0 aliphatic carbocycles. The summed E-state index contributed by atoms with van der Waals surface area (Å²) in [6, 6.07) is 10.4. The minimum Gasteiger partial charge on any atom is -0.336 e. The Morgan fingerprint density at radius 1 is 1.32 bits per heavy atom. The molecule has 22 heavy (non-hydrogen) atoms. The van der Waals surface area contributed by atoms with Crippen molar-refractivity contribution >= 4 is 17.5 Å². The Bertz CT molecular complexity index is 693. The van der Waals surface area contributed by atoms with Gasteiger partial charge in [0.15, 0.2) is 5.69 Å². The number of likely N-dealkylation sites (tertiary alicyclic amines) is 1. The van der Waals surface area contributed by atoms with Crippen LogP contribution >= 0.6 is 11.6 Å². The molecule has 0 saturated carbocycles. The minimum atomic E-state index is -0.0860. The van der Waals surface area contributed by atoms with Crippen LogP contribution in [0.2, 0.25) is 5.02 Å². The van der Waals surface area contributed by atoms with Crippen molar-refractivity contribution in [3.05, 3.63) is 52.8 Å². The van der Waals surface area contributed by atoms with E-state index in [0.29, 0.717) is 29.7 Å². The van der Waals surface area contributed by atoms with Gasteiger partial charge in [0.05, 0.1) is 5.02 Å². The fourth-order valence-electron chi connectivity index (χ4n) is 3.29. The Hall–Kier alpha value is -1.81. The van der Waals surface area contributed by atoms with Crippen molar-refractivity contribution in [2.24, 2.45) is 12.5 Å². The molecule has 0 radical (unpaired) electrons. The number of hydrogen-bond acceptors (Lipinski definition) is 2. The fraction of sp³-hybridized carbons (Fsp3) is 0.412. The molecule has 3 rings (SSSR count). The van der Waals surface area contributed by atoms with Crippen LogP contribution in [-0.2, 0) is 7.05 Å². The van der Waals surface area contributed by atoms with Gasteiger partial charge in [-0.2, -0.15) is 5.10 Å². The molecule has 2 heterocycles. The molecule has 2 aromatic rings. The van der Waals surface area contributed by atoms with E-state index < -0.39 is 0 Å². The first-order valence-electron chi connectivity index (χ1n) is 7.42. The van der Waals surface area contributed by atoms with Crippen molar-refractivity contribution in [2.45, 2.75) is 19.8 Å². The van der Waals surface area contributed by atoms with Crippen LogP contribution in [0.15, 0.2) is 36.5 Å². The van der Waals surface area contributed by atoms with E-state index in [4.69, 9.17) is 11.6 Å². The van der Waals surface area contributed by atoms with Crippen molar-refractivity contribution in [1.29, 1.82) is 0 Å². The standard InChI is InChI=1S/C17H20ClN3O/c1-17(2)11-21(9-13(17)12-7-5-4-6-8-12)16(22)15-14(18)10-20(3)19-15/h4-8,10,13H,9,11H2,1-3H3. The van der Waals surface area contributed by atoms with E-state index in [-0.39, 0.29) is 11.3 Å². The maximum Gasteiger partial charge on any atom is 0.275 e. The van der Waals surface area contributed by atoms with E-state index >= 15 is 0 Å². The van der Waals surface area contributed by atoms with Crippen LogP contribution in [0.5, 0.6) is 0 Å². The molecule has 1 saturated heterocycles. The molecule has 0 N–H and O–H groups in total. The quantitative estimate of drug-likeness (QED) is 0.852. The second-order valence-electron chi connectivity index (χ2n) is 6.64. The van der Waals surface area contributed by atoms with E-state index in [1.54, 1.807) is 17.9 Å². The molecular formula is C17H20ClN3O. The van der Waals surface area contributed by atoms with Gasteiger partial charge in [-0.25, -0.2) is 0 Å². The highest BCUT2D eigenvalue weighted by Gasteiger charge is 2.42. The first kappa shape index (κ1) is 15.1. The molecule has 1 aliphatic rings. The predicted octanol–water partition coefficient (Wildman–Crippen LogP) is 3.34. The molecule has 1 atom stereocenters. The van der Waals surface area contributed by atoms with Crippen LogP contribution < -0.4 is 0 Å². The number of carbonyl (C=O) groups is 1. The fourth-order valence-corrected chi connectivity index (χ4v) is 3.54. The van der Waals surface area contributed by atoms with Gasteiger partial charge in [0.25, 0.3) is 5.91 Å². The zero-order chi connectivity index (χ0) is 15.9. The molecule has 1 aromatic carbocycles. The number of aromatic nitrogens is 2. The van der Waals surface area contributed by atoms with Gasteiger partial charge in [0.1, 0.15) is 0 Å². The van der Waals surface area contributed by atoms with Crippen molar-refractivity contribution in [2.75, 3.05) is 13.1 Å². The molecule has 116 valence electrons. The number of nitrogens with zero attached hydrogens (tertiary/aromatic N) is 3. The van der Waals surface area contributed by atoms with Crippen molar-refractivity contribution in [3.8, 4) is 0 Å². The van der Waals surface area contributed by atoms with Crippen LogP contribution in [-0.4, -0.2) is 33.7 Å². The summed E-state index contributed by atoms with van der Waals surface area (Å²) >= 11 is 6.11. The normalized spacial score (nSPS) is 20.4. The molecule has 1 amide bonds. The molecule has 1 unspecified atom stereocenters. The smallest absolute Gasteiger partial charge is 0.275 e. The topological polar surface area (TPSA) is 38.1 Å². The average molecular weight is 318 g/mol. The summed E-state index contributed by atoms with van der Waals surface area (Å²) in [4.78, 5) is 14.6. The van der Waals surface area contributed by atoms with E-state index in [9.17, 15) is 4.79 Å². The Morgan fingerprint density at radius 2 is 2.00 bits per heavy atom. The Morgan fingerprint density at radius 3 is 2.59 bits per heavy atom. The summed E-state index contributed by atoms with van der Waals surface area (Å²) in [7, 11) is 1.77. The van der Waals surface area contributed by atoms with Crippen LogP contribution in [0.4, 0.5) is 0 Å². The van der Waals surface area contributed by atoms with Crippen LogP contribution in [0.1, 0.15) is 35.8 Å². The van der Waals surface area contributed by atoms with E-state index in [1.165, 1.54) is 5.56 Å². The van der Waals surface area contributed by atoms with Crippen LogP contribution in [0.25, 0.3) is 0 Å². The van der Waals surface area contributed by atoms with E-state index in [1.807, 2.05) is 23.1 Å². The largest absolute Gasteiger partial charge is 0.336 e. The second-order valence-corrected chi connectivity index (χ2v) is 7.04. The first-order chi connectivity index (χ1) is 10.4. The average Bonchev–Trinajstić information content (AvgIpc) is 2.98. The number of benzene rings is 1. The molecule has 0 spiro atoms. The van der Waals surface area contributed by atoms with Gasteiger partial charge in [-0.3, -0.25) is 9.48 Å². The maximum atomic E-state index is 12.7. The van der Waals surface area contributed by atoms with Gasteiger partial charge in [0.2, 0.25) is 0 Å². The van der Waals surface area contributed by atoms with Gasteiger partial charge >= 0.3 is 0 Å². The maximum absolute atomic E-state index is 12.7. The summed E-state index contributed by atoms with van der Waals surface area (Å²) in [5.41, 5.74) is 1.64. The molecule has 0 bridgehead atoms. The lowest BCUT2D eigenvalue weighted by atomic mass is 9.78. The Labute approximate surface area is 135 Å². The summed E-state index contributed by atoms with van der Waals surface area (Å²) in [5, 5.41) is 4.60. The number of hydrogen-bond donors (Lipinski definition) is 0. The van der Waals surface area contributed by atoms with E-state index in [2.05, 4.69) is 31.1 Å². The predicted molar refractivity (Wildman–Crippen MR) is 87.1 cm³/mol. The highest BCUT2D eigenvalue weighted by Crippen LogP contribution is 2.42. The summed E-state index contributed by atoms with van der Waals surface area (Å²) in [5.74, 6) is 0.234. The van der Waals surface area contributed by atoms with Crippen LogP contribution in [0, 0.1) is 5.41 Å². The van der Waals surface area contributed by atoms with Crippen molar-refractivity contribution < 1.29 is 4.79 Å². The molecule has 5 heteroatoms. The van der Waals surface area contributed by atoms with Gasteiger partial charge in [-0.1, -0.05) is 55.8 Å². The molecule has 1 fully saturated rings. The molecule has 4 nitrogen and oxygen atoms in total. The third-order valence-electron chi connectivity index (χ3n) is 4.42. The highest BCUT2D eigenvalue weighted by atomic mass is 35.5. The van der Waals surface area contributed by atoms with Crippen molar-refractivity contribution in [1.82, 2.24) is 14.7 Å². The molecular weight excluding hydrogens is 298 g/mol. The summed E-state index contributed by atoms with van der Waals surface area (Å²) < 4.78 is 1.57. The zero-order valence-electron chi connectivity index (χ0n) is 13.1. The first-order valence-corrected chi connectivity index (χ1v) is 7.79. The number of rotatable bonds is 2. The summed E-state index contributed by atoms with van der Waals surface area (Å²) in [6.45, 7) is 5.82. The number of aryl methyl sites for hydroxylation is 1. The van der Waals surface area contributed by atoms with Gasteiger partial charge in [-0.05, 0) is 11.0 Å². The van der Waals surface area contributed by atoms with Gasteiger partial charge in [0, 0.05) is 32.3 Å². The van der Waals surface area contributed by atoms with Gasteiger partial charge in [-0.15, -0.1) is 0 Å². The number of carbonyl (C=O) groups excluding carboxylic acids is 1. The third-order valence-corrected chi connectivity index (χ3v) is 4.70. The number of amides is 1. The minimum absolute atomic E-state index is 0.0261. The highest BCUT2D eigenvalue weighted by molar-refractivity contribution is 6.33. The Kier molecular flexibility index (Phi) is 3.73. The SMILES string of the molecule is Cn1cc(Cl)c(C(=O)N2CC(c3ccccc3)C(C)(C)C2)n1. The lowest BCUT2D eigenvalue weighted by Gasteiger charge is -2.25. The monoisotopic (exact) mass is 317 g/mol. The Balaban J connectivity index is 1.86. The number of halogens is 1. The molecule has 1 aromatic heterocycles. The summed E-state index contributed by atoms with van der Waals surface area (Å²) in [6.07, 6.45) is 1.66. The zero-order valence-corrected chi connectivity index (χ0v) is 13.8. The second kappa shape index (κ2) is 5.43. The lowest BCUT2D eigenvalue weighted by Crippen LogP contribution is -2.30. The third kappa shape index (κ3) is 2.63. The van der Waals surface area contributed by atoms with Gasteiger partial charge < -0.3 is 4.90 Å². The lowest BCUT2D eigenvalue weighted by molar-refractivity contribution is 0.0771. The van der Waals surface area contributed by atoms with Crippen molar-refractivity contribution in [3.63, 3.8) is 0 Å². The van der Waals surface area contributed by atoms with Crippen LogP contribution in [0.3, 0.4) is 0 Å². The van der Waals surface area contributed by atoms with E-state index in [0.717, 1.165) is 0 Å². The molecule has 1 aliphatic heterocycles.